The van der Waals surface area contributed by atoms with E-state index in [1.54, 1.807) is 11.0 Å². The van der Waals surface area contributed by atoms with E-state index in [0.29, 0.717) is 19.5 Å². The summed E-state index contributed by atoms with van der Waals surface area (Å²) >= 11 is 0. The second-order valence-corrected chi connectivity index (χ2v) is 6.32. The van der Waals surface area contributed by atoms with Gasteiger partial charge in [0.05, 0.1) is 6.54 Å². The fourth-order valence-electron chi connectivity index (χ4n) is 2.45. The number of rotatable bonds is 8. The number of amides is 3. The largest absolute Gasteiger partial charge is 0.352 e. The minimum atomic E-state index is -0.696. The molecule has 8 nitrogen and oxygen atoms in total. The van der Waals surface area contributed by atoms with Crippen molar-refractivity contribution in [3.8, 4) is 0 Å². The van der Waals surface area contributed by atoms with Crippen LogP contribution in [0.1, 0.15) is 31.4 Å². The zero-order chi connectivity index (χ0) is 18.2. The highest BCUT2D eigenvalue weighted by molar-refractivity contribution is 5.86. The molecule has 0 aliphatic heterocycles. The maximum absolute atomic E-state index is 12.3. The Balaban J connectivity index is 1.88. The van der Waals surface area contributed by atoms with E-state index >= 15 is 0 Å². The molecule has 0 fully saturated rings. The molecule has 4 N–H and O–H groups in total. The predicted molar refractivity (Wildman–Crippen MR) is 93.4 cm³/mol. The second-order valence-electron chi connectivity index (χ2n) is 6.32. The number of hydrogen-bond acceptors (Lipinski definition) is 4. The van der Waals surface area contributed by atoms with Crippen LogP contribution in [0.5, 0.6) is 0 Å². The maximum Gasteiger partial charge on any atom is 0.312 e. The van der Waals surface area contributed by atoms with Gasteiger partial charge in [0.15, 0.2) is 0 Å². The third-order valence-corrected chi connectivity index (χ3v) is 3.64. The number of aromatic nitrogens is 3. The van der Waals surface area contributed by atoms with Crippen LogP contribution in [0.4, 0.5) is 4.79 Å². The van der Waals surface area contributed by atoms with Gasteiger partial charge in [0, 0.05) is 6.54 Å². The Labute approximate surface area is 146 Å². The van der Waals surface area contributed by atoms with Crippen molar-refractivity contribution in [2.75, 3.05) is 0 Å². The number of benzene rings is 1. The molecule has 0 unspecified atom stereocenters. The van der Waals surface area contributed by atoms with Gasteiger partial charge in [-0.15, -0.1) is 0 Å². The Hall–Kier alpha value is -2.90. The van der Waals surface area contributed by atoms with Crippen molar-refractivity contribution in [2.24, 2.45) is 11.7 Å². The standard InChI is InChI=1S/C17H24N6O2/c1-12(2)7-15(22-17(18)25)16(24)20-8-13-3-5-14(6-4-13)9-23-11-19-10-21-23/h3-6,10-12,15H,7-9H2,1-2H3,(H,20,24)(H3,18,22,25)/t15-/m1/s1. The van der Waals surface area contributed by atoms with E-state index in [0.717, 1.165) is 11.1 Å². The molecule has 1 aromatic heterocycles. The first-order valence-corrected chi connectivity index (χ1v) is 8.18. The van der Waals surface area contributed by atoms with Crippen molar-refractivity contribution >= 4 is 11.9 Å². The average molecular weight is 344 g/mol. The Morgan fingerprint density at radius 2 is 1.88 bits per heavy atom. The highest BCUT2D eigenvalue weighted by Crippen LogP contribution is 2.08. The minimum absolute atomic E-state index is 0.237. The first kappa shape index (κ1) is 18.4. The molecule has 0 saturated carbocycles. The van der Waals surface area contributed by atoms with Gasteiger partial charge in [-0.05, 0) is 23.5 Å². The summed E-state index contributed by atoms with van der Waals surface area (Å²) in [5, 5.41) is 9.39. The van der Waals surface area contributed by atoms with Gasteiger partial charge in [-0.2, -0.15) is 5.10 Å². The summed E-state index contributed by atoms with van der Waals surface area (Å²) in [4.78, 5) is 27.2. The van der Waals surface area contributed by atoms with Crippen LogP contribution < -0.4 is 16.4 Å². The van der Waals surface area contributed by atoms with Gasteiger partial charge in [0.1, 0.15) is 18.7 Å². The zero-order valence-corrected chi connectivity index (χ0v) is 14.5. The van der Waals surface area contributed by atoms with E-state index < -0.39 is 12.1 Å². The number of nitrogens with one attached hydrogen (secondary N) is 2. The van der Waals surface area contributed by atoms with Crippen molar-refractivity contribution in [2.45, 2.75) is 39.4 Å². The van der Waals surface area contributed by atoms with Crippen molar-refractivity contribution in [1.82, 2.24) is 25.4 Å². The van der Waals surface area contributed by atoms with E-state index in [-0.39, 0.29) is 11.8 Å². The molecule has 8 heteroatoms. The number of urea groups is 1. The normalized spacial score (nSPS) is 12.0. The van der Waals surface area contributed by atoms with Crippen LogP contribution in [0.25, 0.3) is 0 Å². The number of primary amides is 1. The lowest BCUT2D eigenvalue weighted by Crippen LogP contribution is -2.49. The summed E-state index contributed by atoms with van der Waals surface area (Å²) in [7, 11) is 0. The molecule has 1 heterocycles. The quantitative estimate of drug-likeness (QED) is 0.663. The lowest BCUT2D eigenvalue weighted by atomic mass is 10.0. The zero-order valence-electron chi connectivity index (χ0n) is 14.5. The predicted octanol–water partition coefficient (Wildman–Crippen LogP) is 1.03. The third-order valence-electron chi connectivity index (χ3n) is 3.64. The van der Waals surface area contributed by atoms with E-state index in [9.17, 15) is 9.59 Å². The maximum atomic E-state index is 12.3. The van der Waals surface area contributed by atoms with E-state index in [1.165, 1.54) is 6.33 Å². The summed E-state index contributed by atoms with van der Waals surface area (Å²) in [6, 6.07) is 6.55. The number of carbonyl (C=O) groups excluding carboxylic acids is 2. The van der Waals surface area contributed by atoms with Crippen LogP contribution in [0.3, 0.4) is 0 Å². The van der Waals surface area contributed by atoms with Crippen molar-refractivity contribution < 1.29 is 9.59 Å². The Morgan fingerprint density at radius 1 is 1.20 bits per heavy atom. The topological polar surface area (TPSA) is 115 Å². The van der Waals surface area contributed by atoms with Crippen molar-refractivity contribution in [3.05, 3.63) is 48.0 Å². The van der Waals surface area contributed by atoms with Gasteiger partial charge in [-0.3, -0.25) is 4.79 Å². The van der Waals surface area contributed by atoms with Crippen LogP contribution in [-0.4, -0.2) is 32.7 Å². The van der Waals surface area contributed by atoms with Gasteiger partial charge in [0.25, 0.3) is 0 Å². The number of hydrogen-bond donors (Lipinski definition) is 3. The SMILES string of the molecule is CC(C)C[C@@H](NC(N)=O)C(=O)NCc1ccc(Cn2cncn2)cc1. The lowest BCUT2D eigenvalue weighted by Gasteiger charge is -2.19. The molecule has 0 bridgehead atoms. The van der Waals surface area contributed by atoms with Crippen LogP contribution in [0.15, 0.2) is 36.9 Å². The van der Waals surface area contributed by atoms with Crippen LogP contribution in [-0.2, 0) is 17.9 Å². The first-order valence-electron chi connectivity index (χ1n) is 8.18. The fraction of sp³-hybridized carbons (Fsp3) is 0.412. The van der Waals surface area contributed by atoms with Gasteiger partial charge < -0.3 is 16.4 Å². The highest BCUT2D eigenvalue weighted by atomic mass is 16.2. The summed E-state index contributed by atoms with van der Waals surface area (Å²) < 4.78 is 1.74. The molecule has 0 radical (unpaired) electrons. The molecule has 2 rings (SSSR count). The minimum Gasteiger partial charge on any atom is -0.352 e. The molecule has 1 atom stereocenters. The van der Waals surface area contributed by atoms with E-state index in [4.69, 9.17) is 5.73 Å². The summed E-state index contributed by atoms with van der Waals surface area (Å²) in [5.41, 5.74) is 7.21. The summed E-state index contributed by atoms with van der Waals surface area (Å²) in [6.07, 6.45) is 3.69. The Morgan fingerprint density at radius 3 is 2.44 bits per heavy atom. The molecule has 0 aliphatic carbocycles. The molecule has 3 amide bonds. The van der Waals surface area contributed by atoms with Gasteiger partial charge in [-0.1, -0.05) is 38.1 Å². The molecule has 0 saturated heterocycles. The van der Waals surface area contributed by atoms with E-state index in [1.807, 2.05) is 38.1 Å². The average Bonchev–Trinajstić information content (AvgIpc) is 3.05. The Kier molecular flexibility index (Phi) is 6.50. The van der Waals surface area contributed by atoms with Gasteiger partial charge in [-0.25, -0.2) is 14.5 Å². The van der Waals surface area contributed by atoms with E-state index in [2.05, 4.69) is 20.7 Å². The fourth-order valence-corrected chi connectivity index (χ4v) is 2.45. The molecule has 2 aromatic rings. The van der Waals surface area contributed by atoms with Crippen LogP contribution in [0.2, 0.25) is 0 Å². The first-order chi connectivity index (χ1) is 11.9. The van der Waals surface area contributed by atoms with Crippen LogP contribution in [0, 0.1) is 5.92 Å². The number of nitrogens with two attached hydrogens (primary N) is 1. The molecule has 1 aromatic carbocycles. The Bertz CT molecular complexity index is 682. The number of carbonyl (C=O) groups is 2. The number of nitrogens with zero attached hydrogens (tertiary/aromatic N) is 3. The highest BCUT2D eigenvalue weighted by Gasteiger charge is 2.20. The molecule has 0 aliphatic rings. The molecule has 25 heavy (non-hydrogen) atoms. The van der Waals surface area contributed by atoms with Crippen molar-refractivity contribution in [3.63, 3.8) is 0 Å². The molecule has 134 valence electrons. The molecular weight excluding hydrogens is 320 g/mol. The monoisotopic (exact) mass is 344 g/mol. The van der Waals surface area contributed by atoms with Crippen molar-refractivity contribution in [1.29, 1.82) is 0 Å². The smallest absolute Gasteiger partial charge is 0.312 e. The van der Waals surface area contributed by atoms with Gasteiger partial charge >= 0.3 is 6.03 Å². The summed E-state index contributed by atoms with van der Waals surface area (Å²) in [5.74, 6) is 0.0258. The molecule has 0 spiro atoms. The molecular formula is C17H24N6O2. The summed E-state index contributed by atoms with van der Waals surface area (Å²) in [6.45, 7) is 5.00. The third kappa shape index (κ3) is 6.25. The van der Waals surface area contributed by atoms with Crippen LogP contribution >= 0.6 is 0 Å². The second kappa shape index (κ2) is 8.81. The van der Waals surface area contributed by atoms with Gasteiger partial charge in [0.2, 0.25) is 5.91 Å². The lowest BCUT2D eigenvalue weighted by molar-refractivity contribution is -0.123.